The van der Waals surface area contributed by atoms with E-state index in [0.29, 0.717) is 17.0 Å². The summed E-state index contributed by atoms with van der Waals surface area (Å²) in [4.78, 5) is 47.3. The molecule has 1 aliphatic heterocycles. The lowest BCUT2D eigenvalue weighted by Crippen LogP contribution is -2.55. The van der Waals surface area contributed by atoms with Crippen molar-refractivity contribution in [3.63, 3.8) is 0 Å². The quantitative estimate of drug-likeness (QED) is 0.475. The second-order valence-corrected chi connectivity index (χ2v) is 7.75. The van der Waals surface area contributed by atoms with E-state index in [-0.39, 0.29) is 5.75 Å². The van der Waals surface area contributed by atoms with E-state index in [9.17, 15) is 14.4 Å². The van der Waals surface area contributed by atoms with Crippen LogP contribution in [0.2, 0.25) is 0 Å². The third-order valence-corrected chi connectivity index (χ3v) is 5.34. The molecule has 2 aromatic heterocycles. The standard InChI is InChI=1S/C20H21N3O7S/c1-11(24)27-17-10-31-20(19(29-13(3)26)18(17)28-12(2)25)30-15-6-14(7-22-8-15)16-9-21-4-5-23-16/h4-9,17-20H,10H2,1-3H3/t17-,18+,19-,20-/m1/s1. The smallest absolute Gasteiger partial charge is 0.303 e. The first-order valence-corrected chi connectivity index (χ1v) is 10.4. The number of carbonyl (C=O) groups excluding carboxylic acids is 3. The molecule has 0 aliphatic carbocycles. The molecule has 0 amide bonds. The maximum atomic E-state index is 11.7. The molecule has 3 heterocycles. The van der Waals surface area contributed by atoms with E-state index in [0.717, 1.165) is 0 Å². The molecule has 10 nitrogen and oxygen atoms in total. The minimum absolute atomic E-state index is 0.275. The van der Waals surface area contributed by atoms with E-state index in [1.807, 2.05) is 0 Å². The summed E-state index contributed by atoms with van der Waals surface area (Å²) >= 11 is 1.27. The lowest BCUT2D eigenvalue weighted by atomic mass is 10.1. The summed E-state index contributed by atoms with van der Waals surface area (Å²) in [6.45, 7) is 3.71. The Hall–Kier alpha value is -3.21. The lowest BCUT2D eigenvalue weighted by molar-refractivity contribution is -0.186. The van der Waals surface area contributed by atoms with Gasteiger partial charge >= 0.3 is 17.9 Å². The van der Waals surface area contributed by atoms with Crippen molar-refractivity contribution in [2.24, 2.45) is 0 Å². The van der Waals surface area contributed by atoms with Gasteiger partial charge in [0.2, 0.25) is 0 Å². The van der Waals surface area contributed by atoms with Gasteiger partial charge in [-0.1, -0.05) is 0 Å². The first-order valence-electron chi connectivity index (χ1n) is 9.35. The van der Waals surface area contributed by atoms with Crippen LogP contribution in [0.4, 0.5) is 0 Å². The zero-order valence-electron chi connectivity index (χ0n) is 17.1. The minimum atomic E-state index is -1.02. The fourth-order valence-corrected chi connectivity index (χ4v) is 4.23. The van der Waals surface area contributed by atoms with Crippen LogP contribution < -0.4 is 4.74 Å². The van der Waals surface area contributed by atoms with Gasteiger partial charge in [0.15, 0.2) is 23.7 Å². The van der Waals surface area contributed by atoms with Gasteiger partial charge in [0, 0.05) is 50.7 Å². The van der Waals surface area contributed by atoms with Crippen LogP contribution in [0, 0.1) is 0 Å². The molecule has 0 bridgehead atoms. The summed E-state index contributed by atoms with van der Waals surface area (Å²) in [6, 6.07) is 1.72. The number of nitrogens with zero attached hydrogens (tertiary/aromatic N) is 3. The molecule has 31 heavy (non-hydrogen) atoms. The summed E-state index contributed by atoms with van der Waals surface area (Å²) in [5.41, 5.74) is 0.560. The van der Waals surface area contributed by atoms with E-state index < -0.39 is 41.7 Å². The van der Waals surface area contributed by atoms with Crippen molar-refractivity contribution < 1.29 is 33.3 Å². The van der Waals surface area contributed by atoms with Crippen LogP contribution in [0.3, 0.4) is 0 Å². The van der Waals surface area contributed by atoms with Gasteiger partial charge in [0.05, 0.1) is 18.1 Å². The van der Waals surface area contributed by atoms with E-state index >= 15 is 0 Å². The normalized spacial score (nSPS) is 22.8. The monoisotopic (exact) mass is 447 g/mol. The Morgan fingerprint density at radius 1 is 0.903 bits per heavy atom. The molecule has 2 aromatic rings. The topological polar surface area (TPSA) is 127 Å². The van der Waals surface area contributed by atoms with Gasteiger partial charge in [-0.05, 0) is 6.07 Å². The first kappa shape index (κ1) is 22.5. The summed E-state index contributed by atoms with van der Waals surface area (Å²) in [7, 11) is 0. The van der Waals surface area contributed by atoms with Crippen molar-refractivity contribution in [3.05, 3.63) is 37.1 Å². The van der Waals surface area contributed by atoms with Gasteiger partial charge in [-0.3, -0.25) is 29.3 Å². The SMILES string of the molecule is CC(=O)O[C@@H]1[C@@H](OC(C)=O)[C@H](OC(C)=O)CS[C@H]1Oc1cncc(-c2cnccn2)c1. The summed E-state index contributed by atoms with van der Waals surface area (Å²) in [6.07, 6.45) is 5.02. The zero-order chi connectivity index (χ0) is 22.4. The Morgan fingerprint density at radius 2 is 1.61 bits per heavy atom. The predicted octanol–water partition coefficient (Wildman–Crippen LogP) is 1.79. The number of carbonyl (C=O) groups is 3. The fraction of sp³-hybridized carbons (Fsp3) is 0.400. The van der Waals surface area contributed by atoms with Crippen LogP contribution in [0.1, 0.15) is 20.8 Å². The zero-order valence-corrected chi connectivity index (χ0v) is 17.9. The molecule has 1 fully saturated rings. The number of hydrogen-bond acceptors (Lipinski definition) is 11. The molecule has 0 unspecified atom stereocenters. The molecule has 4 atom stereocenters. The van der Waals surface area contributed by atoms with Crippen molar-refractivity contribution in [2.45, 2.75) is 44.5 Å². The van der Waals surface area contributed by atoms with Gasteiger partial charge < -0.3 is 18.9 Å². The van der Waals surface area contributed by atoms with Gasteiger partial charge in [-0.2, -0.15) is 0 Å². The van der Waals surface area contributed by atoms with Crippen LogP contribution in [0.25, 0.3) is 11.3 Å². The van der Waals surface area contributed by atoms with E-state index in [1.54, 1.807) is 30.9 Å². The average molecular weight is 447 g/mol. The van der Waals surface area contributed by atoms with Gasteiger partial charge in [0.25, 0.3) is 0 Å². The van der Waals surface area contributed by atoms with Crippen LogP contribution in [-0.4, -0.2) is 62.4 Å². The molecule has 11 heteroatoms. The third kappa shape index (κ3) is 6.14. The first-order chi connectivity index (χ1) is 14.8. The van der Waals surface area contributed by atoms with Crippen LogP contribution in [0.5, 0.6) is 5.75 Å². The Balaban J connectivity index is 1.86. The number of pyridine rings is 1. The molecule has 164 valence electrons. The minimum Gasteiger partial charge on any atom is -0.474 e. The molecule has 1 saturated heterocycles. The van der Waals surface area contributed by atoms with Gasteiger partial charge in [-0.15, -0.1) is 11.8 Å². The Morgan fingerprint density at radius 3 is 2.26 bits per heavy atom. The maximum Gasteiger partial charge on any atom is 0.303 e. The molecule has 1 aliphatic rings. The highest BCUT2D eigenvalue weighted by Gasteiger charge is 2.47. The largest absolute Gasteiger partial charge is 0.474 e. The number of aromatic nitrogens is 3. The molecule has 0 saturated carbocycles. The maximum absolute atomic E-state index is 11.7. The van der Waals surface area contributed by atoms with Crippen molar-refractivity contribution in [1.82, 2.24) is 15.0 Å². The highest BCUT2D eigenvalue weighted by molar-refractivity contribution is 7.99. The molecule has 3 rings (SSSR count). The van der Waals surface area contributed by atoms with Crippen molar-refractivity contribution in [2.75, 3.05) is 5.75 Å². The van der Waals surface area contributed by atoms with Crippen LogP contribution in [-0.2, 0) is 28.6 Å². The second-order valence-electron chi connectivity index (χ2n) is 6.62. The molecule has 0 N–H and O–H groups in total. The molecule has 0 aromatic carbocycles. The molecular weight excluding hydrogens is 426 g/mol. The fourth-order valence-electron chi connectivity index (χ4n) is 3.02. The van der Waals surface area contributed by atoms with Crippen LogP contribution >= 0.6 is 11.8 Å². The Labute approximate surface area is 182 Å². The number of ether oxygens (including phenoxy) is 4. The Kier molecular flexibility index (Phi) is 7.40. The van der Waals surface area contributed by atoms with Crippen molar-refractivity contribution in [3.8, 4) is 17.0 Å². The number of thioether (sulfide) groups is 1. The molecule has 0 spiro atoms. The van der Waals surface area contributed by atoms with Crippen LogP contribution in [0.15, 0.2) is 37.1 Å². The highest BCUT2D eigenvalue weighted by atomic mass is 32.2. The van der Waals surface area contributed by atoms with Gasteiger partial charge in [-0.25, -0.2) is 0 Å². The van der Waals surface area contributed by atoms with Crippen molar-refractivity contribution >= 4 is 29.7 Å². The summed E-state index contributed by atoms with van der Waals surface area (Å²) in [5, 5.41) is 0. The molecule has 0 radical (unpaired) electrons. The summed E-state index contributed by atoms with van der Waals surface area (Å²) in [5.74, 6) is -1.06. The average Bonchev–Trinajstić information content (AvgIpc) is 2.72. The van der Waals surface area contributed by atoms with E-state index in [4.69, 9.17) is 18.9 Å². The number of esters is 3. The number of rotatable bonds is 6. The second kappa shape index (κ2) is 10.2. The van der Waals surface area contributed by atoms with E-state index in [1.165, 1.54) is 38.7 Å². The predicted molar refractivity (Wildman–Crippen MR) is 109 cm³/mol. The molecular formula is C20H21N3O7S. The number of hydrogen-bond donors (Lipinski definition) is 0. The highest BCUT2D eigenvalue weighted by Crippen LogP contribution is 2.34. The van der Waals surface area contributed by atoms with E-state index in [2.05, 4.69) is 15.0 Å². The van der Waals surface area contributed by atoms with Crippen molar-refractivity contribution in [1.29, 1.82) is 0 Å². The third-order valence-electron chi connectivity index (χ3n) is 4.13. The summed E-state index contributed by atoms with van der Waals surface area (Å²) < 4.78 is 22.1. The Bertz CT molecular complexity index is 943. The lowest BCUT2D eigenvalue weighted by Gasteiger charge is -2.39. The van der Waals surface area contributed by atoms with Gasteiger partial charge in [0.1, 0.15) is 5.75 Å².